The molecule has 0 N–H and O–H groups in total. The smallest absolute Gasteiger partial charge is 0.393 e. The molecule has 0 aliphatic rings. The summed E-state index contributed by atoms with van der Waals surface area (Å²) in [7, 11) is -2.45. The van der Waals surface area contributed by atoms with Crippen LogP contribution in [0.3, 0.4) is 0 Å². The normalized spacial score (nSPS) is 13.1. The van der Waals surface area contributed by atoms with Gasteiger partial charge in [0.2, 0.25) is 0 Å². The topological polar surface area (TPSA) is 72.6 Å². The average molecular weight is 675 g/mol. The van der Waals surface area contributed by atoms with Crippen molar-refractivity contribution in [3.63, 3.8) is 0 Å². The fourth-order valence-corrected chi connectivity index (χ4v) is 11.6. The van der Waals surface area contributed by atoms with Gasteiger partial charge < -0.3 is 26.8 Å². The molecule has 0 saturated carbocycles. The monoisotopic (exact) mass is 674 g/mol. The molecule has 0 saturated heterocycles. The Balaban J connectivity index is 0.000000240. The van der Waals surface area contributed by atoms with Crippen molar-refractivity contribution in [2.75, 3.05) is 26.4 Å². The third kappa shape index (κ3) is 10.2. The molecule has 2 atom stereocenters. The number of para-hydroxylation sites is 4. The first-order valence-corrected chi connectivity index (χ1v) is 20.6. The summed E-state index contributed by atoms with van der Waals surface area (Å²) in [4.78, 5) is 10.1. The van der Waals surface area contributed by atoms with Gasteiger partial charge in [0.25, 0.3) is 0 Å². The van der Waals surface area contributed by atoms with Crippen LogP contribution in [0.4, 0.5) is 0 Å². The third-order valence-corrected chi connectivity index (χ3v) is 15.5. The minimum absolute atomic E-state index is 0.422. The van der Waals surface area contributed by atoms with Crippen molar-refractivity contribution in [3.05, 3.63) is 60.2 Å². The summed E-state index contributed by atoms with van der Waals surface area (Å²) in [6, 6.07) is 16.6. The molecule has 2 unspecified atom stereocenters. The van der Waals surface area contributed by atoms with Crippen molar-refractivity contribution in [2.24, 2.45) is 0 Å². The number of aromatic nitrogens is 4. The molecule has 4 aromatic rings. The highest BCUT2D eigenvalue weighted by atomic mass is 32.2. The van der Waals surface area contributed by atoms with Crippen LogP contribution in [-0.2, 0) is 29.5 Å². The van der Waals surface area contributed by atoms with E-state index in [-0.39, 0.29) is 0 Å². The standard InChI is InChI=1S/2C16H25N2O2SSi/c2*1-5-16(22(19-6-2)20-7-3)21-12-18-13(4)17-14-10-8-9-11-15(14)18/h2*8-11,16H,5-7,12H2,1-4H3. The van der Waals surface area contributed by atoms with Crippen molar-refractivity contribution >= 4 is 64.2 Å². The number of imidazole rings is 2. The molecule has 0 spiro atoms. The Labute approximate surface area is 276 Å². The lowest BCUT2D eigenvalue weighted by molar-refractivity contribution is 0.211. The van der Waals surface area contributed by atoms with E-state index in [0.717, 1.165) is 73.7 Å². The molecule has 12 heteroatoms. The van der Waals surface area contributed by atoms with Crippen LogP contribution in [0.2, 0.25) is 0 Å². The highest BCUT2D eigenvalue weighted by molar-refractivity contribution is 8.00. The predicted molar refractivity (Wildman–Crippen MR) is 190 cm³/mol. The molecule has 2 heterocycles. The first-order chi connectivity index (χ1) is 21.4. The van der Waals surface area contributed by atoms with Gasteiger partial charge in [-0.15, -0.1) is 23.5 Å². The van der Waals surface area contributed by atoms with Gasteiger partial charge in [0.15, 0.2) is 0 Å². The van der Waals surface area contributed by atoms with E-state index in [9.17, 15) is 0 Å². The highest BCUT2D eigenvalue weighted by Crippen LogP contribution is 2.26. The van der Waals surface area contributed by atoms with E-state index in [2.05, 4.69) is 83.2 Å². The van der Waals surface area contributed by atoms with Gasteiger partial charge in [-0.1, -0.05) is 38.1 Å². The Bertz CT molecular complexity index is 1270. The lowest BCUT2D eigenvalue weighted by Gasteiger charge is -2.22. The van der Waals surface area contributed by atoms with E-state index in [1.54, 1.807) is 0 Å². The molecule has 0 aliphatic carbocycles. The SMILES string of the molecule is CCO[Si](OCC)C(CC)SCn1c(C)nc2ccccc21.CCO[Si](OCC)C(CC)SCn1c(C)nc2ccccc21. The van der Waals surface area contributed by atoms with Gasteiger partial charge in [-0.3, -0.25) is 0 Å². The van der Waals surface area contributed by atoms with E-state index in [4.69, 9.17) is 17.7 Å². The molecule has 8 nitrogen and oxygen atoms in total. The zero-order valence-corrected chi connectivity index (χ0v) is 31.3. The number of aryl methyl sites for hydroxylation is 2. The van der Waals surface area contributed by atoms with Crippen LogP contribution in [0.25, 0.3) is 22.1 Å². The van der Waals surface area contributed by atoms with E-state index in [0.29, 0.717) is 9.75 Å². The second kappa shape index (κ2) is 19.8. The quantitative estimate of drug-likeness (QED) is 0.0990. The molecule has 2 aromatic carbocycles. The Kier molecular flexibility index (Phi) is 16.5. The summed E-state index contributed by atoms with van der Waals surface area (Å²) in [5, 5.41) is 0. The lowest BCUT2D eigenvalue weighted by atomic mass is 10.3. The van der Waals surface area contributed by atoms with Crippen LogP contribution in [0.5, 0.6) is 0 Å². The van der Waals surface area contributed by atoms with Gasteiger partial charge in [-0.05, 0) is 78.6 Å². The van der Waals surface area contributed by atoms with Crippen LogP contribution >= 0.6 is 23.5 Å². The van der Waals surface area contributed by atoms with Crippen LogP contribution in [-0.4, -0.2) is 73.8 Å². The summed E-state index contributed by atoms with van der Waals surface area (Å²) >= 11 is 3.83. The van der Waals surface area contributed by atoms with E-state index in [1.807, 2.05) is 63.4 Å². The highest BCUT2D eigenvalue weighted by Gasteiger charge is 2.28. The first-order valence-electron chi connectivity index (χ1n) is 15.7. The number of rotatable bonds is 18. The Morgan fingerprint density at radius 2 is 0.932 bits per heavy atom. The third-order valence-electron chi connectivity index (χ3n) is 6.91. The Hall–Kier alpha value is -1.65. The van der Waals surface area contributed by atoms with Gasteiger partial charge in [0.05, 0.1) is 43.6 Å². The van der Waals surface area contributed by atoms with Crippen molar-refractivity contribution in [3.8, 4) is 0 Å². The second-order valence-corrected chi connectivity index (χ2v) is 16.9. The molecule has 44 heavy (non-hydrogen) atoms. The number of hydrogen-bond acceptors (Lipinski definition) is 8. The predicted octanol–water partition coefficient (Wildman–Crippen LogP) is 7.83. The molecular weight excluding hydrogens is 625 g/mol. The van der Waals surface area contributed by atoms with Gasteiger partial charge in [-0.25, -0.2) is 9.97 Å². The first kappa shape index (κ1) is 36.8. The number of nitrogens with zero attached hydrogens (tertiary/aromatic N) is 4. The van der Waals surface area contributed by atoms with Crippen LogP contribution in [0.15, 0.2) is 48.5 Å². The van der Waals surface area contributed by atoms with Crippen molar-refractivity contribution < 1.29 is 17.7 Å². The van der Waals surface area contributed by atoms with Crippen molar-refractivity contribution in [1.29, 1.82) is 0 Å². The molecule has 4 rings (SSSR count). The van der Waals surface area contributed by atoms with Gasteiger partial charge in [0, 0.05) is 26.4 Å². The number of benzene rings is 2. The maximum absolute atomic E-state index is 5.86. The number of fused-ring (bicyclic) bond motifs is 2. The van der Waals surface area contributed by atoms with Crippen LogP contribution in [0, 0.1) is 13.8 Å². The summed E-state index contributed by atoms with van der Waals surface area (Å²) in [6.07, 6.45) is 2.12. The minimum atomic E-state index is -1.22. The van der Waals surface area contributed by atoms with E-state index >= 15 is 0 Å². The van der Waals surface area contributed by atoms with Gasteiger partial charge in [-0.2, -0.15) is 0 Å². The summed E-state index contributed by atoms with van der Waals surface area (Å²) in [5.41, 5.74) is 4.52. The maximum Gasteiger partial charge on any atom is 0.398 e. The fourth-order valence-electron chi connectivity index (χ4n) is 4.78. The molecule has 2 radical (unpaired) electrons. The largest absolute Gasteiger partial charge is 0.398 e. The molecular formula is C32H50N4O4S2Si2. The minimum Gasteiger partial charge on any atom is -0.393 e. The number of hydrogen-bond donors (Lipinski definition) is 0. The number of thioether (sulfide) groups is 2. The molecule has 0 aliphatic heterocycles. The van der Waals surface area contributed by atoms with Gasteiger partial charge >= 0.3 is 18.6 Å². The average Bonchev–Trinajstić information content (AvgIpc) is 3.53. The molecule has 242 valence electrons. The molecule has 0 fully saturated rings. The molecule has 2 aromatic heterocycles. The summed E-state index contributed by atoms with van der Waals surface area (Å²) in [5.74, 6) is 3.90. The van der Waals surface area contributed by atoms with E-state index < -0.39 is 18.6 Å². The zero-order valence-electron chi connectivity index (χ0n) is 27.7. The Morgan fingerprint density at radius 1 is 0.591 bits per heavy atom. The van der Waals surface area contributed by atoms with Crippen LogP contribution < -0.4 is 0 Å². The van der Waals surface area contributed by atoms with Crippen molar-refractivity contribution in [2.45, 2.75) is 89.7 Å². The molecule has 0 amide bonds. The van der Waals surface area contributed by atoms with E-state index in [1.165, 1.54) is 11.0 Å². The maximum atomic E-state index is 5.86. The van der Waals surface area contributed by atoms with Crippen LogP contribution in [0.1, 0.15) is 66.0 Å². The van der Waals surface area contributed by atoms with Crippen molar-refractivity contribution in [1.82, 2.24) is 19.1 Å². The van der Waals surface area contributed by atoms with Gasteiger partial charge in [0.1, 0.15) is 11.6 Å². The molecule has 0 bridgehead atoms. The summed E-state index contributed by atoms with van der Waals surface area (Å²) in [6.45, 7) is 19.6. The summed E-state index contributed by atoms with van der Waals surface area (Å²) < 4.78 is 28.0. The second-order valence-electron chi connectivity index (χ2n) is 9.91. The lowest BCUT2D eigenvalue weighted by Crippen LogP contribution is -2.35. The Morgan fingerprint density at radius 3 is 1.25 bits per heavy atom. The zero-order chi connectivity index (χ0) is 31.9. The fraction of sp³-hybridized carbons (Fsp3) is 0.562.